The minimum atomic E-state index is -0.364. The number of nitrogens with one attached hydrogen (secondary N) is 1. The van der Waals surface area contributed by atoms with E-state index in [1.165, 1.54) is 12.1 Å². The van der Waals surface area contributed by atoms with Crippen molar-refractivity contribution in [1.29, 1.82) is 0 Å². The Hall–Kier alpha value is -3.01. The third-order valence-corrected chi connectivity index (χ3v) is 4.14. The van der Waals surface area contributed by atoms with Crippen molar-refractivity contribution < 1.29 is 9.18 Å². The number of nitrogens with zero attached hydrogens (tertiary/aromatic N) is 1. The molecule has 0 saturated carbocycles. The van der Waals surface area contributed by atoms with Crippen LogP contribution >= 0.6 is 0 Å². The van der Waals surface area contributed by atoms with Crippen LogP contribution in [0.5, 0.6) is 0 Å². The van der Waals surface area contributed by atoms with Crippen LogP contribution in [0.15, 0.2) is 66.9 Å². The third-order valence-electron chi connectivity index (χ3n) is 4.14. The van der Waals surface area contributed by atoms with E-state index in [-0.39, 0.29) is 17.1 Å². The van der Waals surface area contributed by atoms with E-state index in [0.29, 0.717) is 16.8 Å². The van der Waals surface area contributed by atoms with Gasteiger partial charge in [0.1, 0.15) is 5.82 Å². The highest BCUT2D eigenvalue weighted by molar-refractivity contribution is 6.08. The number of anilines is 1. The van der Waals surface area contributed by atoms with E-state index < -0.39 is 0 Å². The number of amides is 1. The summed E-state index contributed by atoms with van der Waals surface area (Å²) >= 11 is 0. The predicted octanol–water partition coefficient (Wildman–Crippen LogP) is 5.44. The van der Waals surface area contributed by atoms with Crippen molar-refractivity contribution in [3.63, 3.8) is 0 Å². The topological polar surface area (TPSA) is 42.0 Å². The second-order valence-electron chi connectivity index (χ2n) is 7.19. The zero-order valence-corrected chi connectivity index (χ0v) is 15.1. The fraction of sp³-hybridized carbons (Fsp3) is 0.182. The molecule has 0 aliphatic heterocycles. The highest BCUT2D eigenvalue weighted by Crippen LogP contribution is 2.26. The summed E-state index contributed by atoms with van der Waals surface area (Å²) in [6, 6.07) is 17.3. The first-order valence-corrected chi connectivity index (χ1v) is 8.47. The van der Waals surface area contributed by atoms with Gasteiger partial charge in [0, 0.05) is 17.4 Å². The normalized spacial score (nSPS) is 11.2. The van der Waals surface area contributed by atoms with E-state index in [2.05, 4.69) is 31.1 Å². The lowest BCUT2D eigenvalue weighted by atomic mass is 9.87. The molecule has 0 aliphatic rings. The molecular formula is C22H21FN2O. The average molecular weight is 348 g/mol. The standard InChI is InChI=1S/C22H21FN2O/c1-22(2,3)16-8-5-10-18(14-16)25-21(26)19-11-6-12-24-20(19)15-7-4-9-17(23)13-15/h4-14H,1-3H3,(H,25,26). The van der Waals surface area contributed by atoms with Crippen molar-refractivity contribution >= 4 is 11.6 Å². The van der Waals surface area contributed by atoms with E-state index in [4.69, 9.17) is 0 Å². The van der Waals surface area contributed by atoms with Crippen LogP contribution < -0.4 is 5.32 Å². The Balaban J connectivity index is 1.92. The maximum absolute atomic E-state index is 13.6. The fourth-order valence-electron chi connectivity index (χ4n) is 2.72. The molecule has 0 radical (unpaired) electrons. The summed E-state index contributed by atoms with van der Waals surface area (Å²) < 4.78 is 13.6. The summed E-state index contributed by atoms with van der Waals surface area (Å²) in [6.07, 6.45) is 1.59. The largest absolute Gasteiger partial charge is 0.322 e. The quantitative estimate of drug-likeness (QED) is 0.685. The number of hydrogen-bond donors (Lipinski definition) is 1. The minimum Gasteiger partial charge on any atom is -0.322 e. The average Bonchev–Trinajstić information content (AvgIpc) is 2.61. The third kappa shape index (κ3) is 3.97. The Morgan fingerprint density at radius 2 is 1.77 bits per heavy atom. The van der Waals surface area contributed by atoms with Gasteiger partial charge in [-0.05, 0) is 47.4 Å². The first-order valence-electron chi connectivity index (χ1n) is 8.47. The molecule has 3 rings (SSSR count). The Kier molecular flexibility index (Phi) is 4.85. The number of benzene rings is 2. The zero-order chi connectivity index (χ0) is 18.7. The summed E-state index contributed by atoms with van der Waals surface area (Å²) in [7, 11) is 0. The van der Waals surface area contributed by atoms with Crippen LogP contribution in [0.3, 0.4) is 0 Å². The molecule has 0 aliphatic carbocycles. The molecule has 0 saturated heterocycles. The summed E-state index contributed by atoms with van der Waals surface area (Å²) in [5.74, 6) is -0.638. The second kappa shape index (κ2) is 7.08. The van der Waals surface area contributed by atoms with Crippen LogP contribution in [-0.2, 0) is 5.41 Å². The lowest BCUT2D eigenvalue weighted by Gasteiger charge is -2.20. The van der Waals surface area contributed by atoms with Gasteiger partial charge in [-0.3, -0.25) is 9.78 Å². The Bertz CT molecular complexity index is 945. The zero-order valence-electron chi connectivity index (χ0n) is 15.1. The summed E-state index contributed by atoms with van der Waals surface area (Å²) in [4.78, 5) is 17.1. The van der Waals surface area contributed by atoms with Crippen molar-refractivity contribution in [2.45, 2.75) is 26.2 Å². The molecule has 0 atom stereocenters. The maximum atomic E-state index is 13.6. The highest BCUT2D eigenvalue weighted by Gasteiger charge is 2.17. The number of carbonyl (C=O) groups excluding carboxylic acids is 1. The molecular weight excluding hydrogens is 327 g/mol. The van der Waals surface area contributed by atoms with E-state index in [1.54, 1.807) is 30.5 Å². The van der Waals surface area contributed by atoms with Crippen molar-refractivity contribution in [3.05, 3.63) is 83.8 Å². The van der Waals surface area contributed by atoms with Crippen molar-refractivity contribution in [3.8, 4) is 11.3 Å². The van der Waals surface area contributed by atoms with E-state index in [9.17, 15) is 9.18 Å². The summed E-state index contributed by atoms with van der Waals surface area (Å²) in [6.45, 7) is 6.37. The fourth-order valence-corrected chi connectivity index (χ4v) is 2.72. The van der Waals surface area contributed by atoms with Gasteiger partial charge in [0.05, 0.1) is 11.3 Å². The molecule has 132 valence electrons. The molecule has 1 heterocycles. The number of aromatic nitrogens is 1. The van der Waals surface area contributed by atoms with Gasteiger partial charge in [-0.2, -0.15) is 0 Å². The van der Waals surface area contributed by atoms with E-state index >= 15 is 0 Å². The van der Waals surface area contributed by atoms with Gasteiger partial charge in [-0.25, -0.2) is 4.39 Å². The van der Waals surface area contributed by atoms with Crippen molar-refractivity contribution in [2.75, 3.05) is 5.32 Å². The van der Waals surface area contributed by atoms with Crippen LogP contribution in [0.25, 0.3) is 11.3 Å². The SMILES string of the molecule is CC(C)(C)c1cccc(NC(=O)c2cccnc2-c2cccc(F)c2)c1. The van der Waals surface area contributed by atoms with Crippen molar-refractivity contribution in [2.24, 2.45) is 0 Å². The molecule has 4 heteroatoms. The van der Waals surface area contributed by atoms with Crippen LogP contribution in [0.4, 0.5) is 10.1 Å². The smallest absolute Gasteiger partial charge is 0.257 e. The first-order chi connectivity index (χ1) is 12.3. The van der Waals surface area contributed by atoms with Gasteiger partial charge in [0.2, 0.25) is 0 Å². The minimum absolute atomic E-state index is 0.0121. The molecule has 0 bridgehead atoms. The second-order valence-corrected chi connectivity index (χ2v) is 7.19. The van der Waals surface area contributed by atoms with Crippen LogP contribution in [0.2, 0.25) is 0 Å². The van der Waals surface area contributed by atoms with Gasteiger partial charge in [-0.1, -0.05) is 45.0 Å². The molecule has 26 heavy (non-hydrogen) atoms. The van der Waals surface area contributed by atoms with Gasteiger partial charge in [0.15, 0.2) is 0 Å². The number of rotatable bonds is 3. The number of halogens is 1. The van der Waals surface area contributed by atoms with Crippen LogP contribution in [0.1, 0.15) is 36.7 Å². The van der Waals surface area contributed by atoms with E-state index in [0.717, 1.165) is 11.3 Å². The summed E-state index contributed by atoms with van der Waals surface area (Å²) in [5.41, 5.74) is 3.26. The molecule has 0 fully saturated rings. The lowest BCUT2D eigenvalue weighted by Crippen LogP contribution is -2.15. The molecule has 0 spiro atoms. The highest BCUT2D eigenvalue weighted by atomic mass is 19.1. The molecule has 3 aromatic rings. The molecule has 2 aromatic carbocycles. The van der Waals surface area contributed by atoms with E-state index in [1.807, 2.05) is 24.3 Å². The van der Waals surface area contributed by atoms with Gasteiger partial charge in [-0.15, -0.1) is 0 Å². The Labute approximate surface area is 152 Å². The predicted molar refractivity (Wildman–Crippen MR) is 103 cm³/mol. The lowest BCUT2D eigenvalue weighted by molar-refractivity contribution is 0.102. The molecule has 1 N–H and O–H groups in total. The Morgan fingerprint density at radius 1 is 1.00 bits per heavy atom. The molecule has 1 aromatic heterocycles. The molecule has 3 nitrogen and oxygen atoms in total. The summed E-state index contributed by atoms with van der Waals surface area (Å²) in [5, 5.41) is 2.92. The monoisotopic (exact) mass is 348 g/mol. The number of carbonyl (C=O) groups is 1. The number of pyridine rings is 1. The first kappa shape index (κ1) is 17.8. The van der Waals surface area contributed by atoms with Crippen LogP contribution in [0, 0.1) is 5.82 Å². The molecule has 0 unspecified atom stereocenters. The number of hydrogen-bond acceptors (Lipinski definition) is 2. The van der Waals surface area contributed by atoms with Crippen LogP contribution in [-0.4, -0.2) is 10.9 Å². The Morgan fingerprint density at radius 3 is 2.50 bits per heavy atom. The van der Waals surface area contributed by atoms with Gasteiger partial charge >= 0.3 is 0 Å². The maximum Gasteiger partial charge on any atom is 0.257 e. The van der Waals surface area contributed by atoms with Gasteiger partial charge < -0.3 is 5.32 Å². The van der Waals surface area contributed by atoms with Gasteiger partial charge in [0.25, 0.3) is 5.91 Å². The molecule has 1 amide bonds. The van der Waals surface area contributed by atoms with Crippen molar-refractivity contribution in [1.82, 2.24) is 4.98 Å².